The van der Waals surface area contributed by atoms with Crippen LogP contribution in [0, 0.1) is 23.3 Å². The first-order valence-corrected chi connectivity index (χ1v) is 22.5. The van der Waals surface area contributed by atoms with E-state index in [1.54, 1.807) is 36.2 Å². The maximum Gasteiger partial charge on any atom is 1.00 e. The van der Waals surface area contributed by atoms with Gasteiger partial charge in [-0.3, -0.25) is 4.79 Å². The van der Waals surface area contributed by atoms with Gasteiger partial charge in [-0.25, -0.2) is 37.1 Å². The van der Waals surface area contributed by atoms with Gasteiger partial charge in [0, 0.05) is 63.9 Å². The van der Waals surface area contributed by atoms with Crippen molar-refractivity contribution in [2.45, 2.75) is 32.1 Å². The Morgan fingerprint density at radius 2 is 1.26 bits per heavy atom. The van der Waals surface area contributed by atoms with Gasteiger partial charge < -0.3 is 49.5 Å². The van der Waals surface area contributed by atoms with E-state index in [9.17, 15) is 27.2 Å². The number of halogens is 5. The third-order valence-corrected chi connectivity index (χ3v) is 11.9. The fourth-order valence-electron chi connectivity index (χ4n) is 8.23. The number of rotatable bonds is 10. The smallest absolute Gasteiger partial charge is 1.00 e. The van der Waals surface area contributed by atoms with Crippen LogP contribution in [0.3, 0.4) is 0 Å². The fourth-order valence-corrected chi connectivity index (χ4v) is 8.66. The van der Waals surface area contributed by atoms with E-state index in [1.807, 2.05) is 36.4 Å². The molecule has 2 aliphatic rings. The molecule has 0 amide bonds. The van der Waals surface area contributed by atoms with Crippen LogP contribution in [0.2, 0.25) is 0 Å². The van der Waals surface area contributed by atoms with Crippen molar-refractivity contribution in [1.29, 1.82) is 0 Å². The van der Waals surface area contributed by atoms with Crippen LogP contribution in [0.25, 0.3) is 44.1 Å². The van der Waals surface area contributed by atoms with Crippen molar-refractivity contribution in [3.63, 3.8) is 0 Å². The van der Waals surface area contributed by atoms with E-state index in [1.165, 1.54) is 27.4 Å². The van der Waals surface area contributed by atoms with Crippen LogP contribution < -0.4 is 162 Å². The summed E-state index contributed by atoms with van der Waals surface area (Å²) in [5.74, 6) is -0.790. The van der Waals surface area contributed by atoms with Crippen LogP contribution in [-0.4, -0.2) is 79.6 Å². The molecule has 8 aromatic rings. The quantitative estimate of drug-likeness (QED) is 0.0522. The molecule has 0 saturated carbocycles. The predicted molar refractivity (Wildman–Crippen MR) is 260 cm³/mol. The minimum atomic E-state index is -0.629. The van der Waals surface area contributed by atoms with Crippen molar-refractivity contribution in [3.8, 4) is 45.5 Å². The molecule has 0 aliphatic carbocycles. The van der Waals surface area contributed by atoms with Crippen LogP contribution in [-0.2, 0) is 43.9 Å². The Morgan fingerprint density at radius 1 is 0.743 bits per heavy atom. The van der Waals surface area contributed by atoms with Crippen molar-refractivity contribution < 1.29 is 210 Å². The summed E-state index contributed by atoms with van der Waals surface area (Å²) >= 11 is 3.04. The summed E-state index contributed by atoms with van der Waals surface area (Å²) in [5, 5.41) is 10.3. The van der Waals surface area contributed by atoms with Gasteiger partial charge >= 0.3 is 150 Å². The number of H-pyrrole nitrogens is 1. The summed E-state index contributed by atoms with van der Waals surface area (Å²) in [7, 11) is 5.68. The number of nitrogens with one attached hydrogen (secondary N) is 1. The molecule has 2 aliphatic heterocycles. The summed E-state index contributed by atoms with van der Waals surface area (Å²) in [6.07, 6.45) is 4.82. The van der Waals surface area contributed by atoms with Crippen molar-refractivity contribution in [2.75, 3.05) is 41.7 Å². The van der Waals surface area contributed by atoms with Gasteiger partial charge in [0.25, 0.3) is 6.47 Å². The van der Waals surface area contributed by atoms with E-state index < -0.39 is 29.4 Å². The molecule has 0 saturated heterocycles. The normalized spacial score (nSPS) is 11.3. The van der Waals surface area contributed by atoms with Crippen LogP contribution in [0.5, 0.6) is 23.3 Å². The number of carbonyl (C=O) groups excluding carboxylic acids is 3. The number of fused-ring (bicyclic) bond motifs is 6. The number of nitrogens with zero attached hydrogens (tertiary/aromatic N) is 3. The van der Waals surface area contributed by atoms with Gasteiger partial charge in [-0.1, -0.05) is 35.5 Å². The van der Waals surface area contributed by atoms with E-state index in [0.717, 1.165) is 76.5 Å². The molecule has 22 heteroatoms. The molecule has 4 aromatic carbocycles. The first kappa shape index (κ1) is 62.7. The molecule has 10 rings (SSSR count). The molecule has 0 radical (unpaired) electrons. The second kappa shape index (κ2) is 29.6. The Balaban J connectivity index is 0.000000309. The molecule has 0 unspecified atom stereocenters. The molecule has 1 N–H and O–H groups in total. The molecule has 6 heterocycles. The monoisotopic (exact) mass is 1320 g/mol. The van der Waals surface area contributed by atoms with Gasteiger partial charge in [0.2, 0.25) is 11.8 Å². The minimum absolute atomic E-state index is 0. The zero-order chi connectivity index (χ0) is 50.8. The largest absolute Gasteiger partial charge is 1.00 e. The number of pyridine rings is 2. The number of hydrogen-bond donors (Lipinski definition) is 1. The Hall–Kier alpha value is -3.87. The summed E-state index contributed by atoms with van der Waals surface area (Å²) < 4.78 is 87.8. The van der Waals surface area contributed by atoms with E-state index in [2.05, 4.69) is 35.8 Å². The van der Waals surface area contributed by atoms with Crippen LogP contribution >= 0.6 is 15.9 Å². The summed E-state index contributed by atoms with van der Waals surface area (Å²) in [6.45, 7) is 0.873. The van der Waals surface area contributed by atoms with Crippen LogP contribution in [0.4, 0.5) is 17.6 Å². The number of alkyl halides is 1. The third kappa shape index (κ3) is 13.8. The second-order valence-electron chi connectivity index (χ2n) is 15.2. The molecular formula is C52H47BrCs2F4N4O11. The van der Waals surface area contributed by atoms with E-state index in [0.29, 0.717) is 74.9 Å². The van der Waals surface area contributed by atoms with Gasteiger partial charge in [0.15, 0.2) is 0 Å². The summed E-state index contributed by atoms with van der Waals surface area (Å²) in [5.41, 5.74) is 7.04. The van der Waals surface area contributed by atoms with Crippen molar-refractivity contribution >= 4 is 56.1 Å². The molecular weight excluding hydrogens is 1280 g/mol. The summed E-state index contributed by atoms with van der Waals surface area (Å²) in [4.78, 5) is 48.4. The third-order valence-electron chi connectivity index (χ3n) is 11.3. The number of aromatic nitrogens is 4. The Kier molecular flexibility index (Phi) is 25.1. The number of benzene rings is 4. The predicted octanol–water partition coefficient (Wildman–Crippen LogP) is 3.77. The average Bonchev–Trinajstić information content (AvgIpc) is 4.22. The zero-order valence-electron chi connectivity index (χ0n) is 41.3. The Labute approximate surface area is 550 Å². The zero-order valence-corrected chi connectivity index (χ0v) is 54.4. The SMILES string of the molecule is C.COC(=O)c1[nH]c2ccc3c(c2c1-c1cccnc1OC)OCC3.COC(=O)c1c(-c2cccnc2OC)c2c3c(ccc2n1Cc1cc(F)ccc1F)CCO3.Fc1ccc(F)c(CBr)c1.O=CO[O-].[Cs+].[Cs+].[H-]. The standard InChI is InChI=1S/C25H20F2N2O4.C18H16N2O4.C7H5BrF2.CH2O3.CH4.2Cs.H/c1-31-24-17(4-3-10-28-24)20-21-19(8-5-14-9-11-33-23(14)21)29(22(20)25(30)32-2)13-15-12-16(26)6-7-18(15)27;1-22-17-11(4-3-8-19-17)13-14-12(20-15(13)18(21)23-2)6-5-10-7-9-24-16(10)14;8-4-5-3-6(9)1-2-7(5)10;2-1-4-3;;;;/h3-8,10,12H,9,11,13H2,1-2H3;3-6,8,20H,7,9H2,1-2H3;1-3H,4H2;1,3H;1H4;;;/q;;;;;2*+1;-1/p-1. The van der Waals surface area contributed by atoms with E-state index in [4.69, 9.17) is 38.5 Å². The molecule has 0 bridgehead atoms. The number of hydrogen-bond acceptors (Lipinski definition) is 13. The maximum absolute atomic E-state index is 14.6. The molecule has 74 heavy (non-hydrogen) atoms. The Morgan fingerprint density at radius 3 is 1.77 bits per heavy atom. The van der Waals surface area contributed by atoms with Crippen molar-refractivity contribution in [2.24, 2.45) is 0 Å². The van der Waals surface area contributed by atoms with Crippen LogP contribution in [0.1, 0.15) is 52.1 Å². The van der Waals surface area contributed by atoms with E-state index >= 15 is 0 Å². The van der Waals surface area contributed by atoms with E-state index in [-0.39, 0.29) is 177 Å². The number of esters is 2. The first-order chi connectivity index (χ1) is 34.4. The average molecular weight is 1330 g/mol. The number of ether oxygens (including phenoxy) is 6. The van der Waals surface area contributed by atoms with Gasteiger partial charge in [0.05, 0.1) is 70.0 Å². The van der Waals surface area contributed by atoms with Gasteiger partial charge in [0.1, 0.15) is 46.2 Å². The fraction of sp³-hybridized carbons (Fsp3) is 0.212. The Bertz CT molecular complexity index is 3280. The van der Waals surface area contributed by atoms with Crippen LogP contribution in [0.15, 0.2) is 97.3 Å². The summed E-state index contributed by atoms with van der Waals surface area (Å²) in [6, 6.07) is 21.6. The number of aromatic amines is 1. The van der Waals surface area contributed by atoms with Gasteiger partial charge in [-0.15, -0.1) is 0 Å². The molecule has 4 aromatic heterocycles. The number of carbonyl (C=O) groups is 3. The molecule has 0 fully saturated rings. The molecule has 0 atom stereocenters. The van der Waals surface area contributed by atoms with Gasteiger partial charge in [-0.2, -0.15) is 0 Å². The van der Waals surface area contributed by atoms with Gasteiger partial charge in [-0.05, 0) is 83.9 Å². The first-order valence-electron chi connectivity index (χ1n) is 21.4. The maximum atomic E-state index is 14.6. The molecule has 15 nitrogen and oxygen atoms in total. The molecule has 0 spiro atoms. The topological polar surface area (TPSA) is 185 Å². The van der Waals surface area contributed by atoms with Crippen molar-refractivity contribution in [3.05, 3.63) is 154 Å². The number of methoxy groups -OCH3 is 4. The second-order valence-corrected chi connectivity index (χ2v) is 15.8. The minimum Gasteiger partial charge on any atom is -1.00 e. The van der Waals surface area contributed by atoms with Crippen molar-refractivity contribution in [1.82, 2.24) is 19.5 Å². The molecule has 378 valence electrons.